The molecule has 16 heavy (non-hydrogen) atoms. The molecule has 0 bridgehead atoms. The van der Waals surface area contributed by atoms with Crippen molar-refractivity contribution in [3.05, 3.63) is 29.8 Å². The summed E-state index contributed by atoms with van der Waals surface area (Å²) in [7, 11) is 0. The summed E-state index contributed by atoms with van der Waals surface area (Å²) >= 11 is 3.62. The third-order valence-corrected chi connectivity index (χ3v) is 5.12. The number of fused-ring (bicyclic) bond motifs is 2. The Hall–Kier alpha value is -0.610. The van der Waals surface area contributed by atoms with E-state index in [0.29, 0.717) is 0 Å². The van der Waals surface area contributed by atoms with Crippen LogP contribution in [-0.4, -0.2) is 16.7 Å². The van der Waals surface area contributed by atoms with Gasteiger partial charge in [0.1, 0.15) is 0 Å². The number of amidine groups is 1. The van der Waals surface area contributed by atoms with Crippen LogP contribution in [0.2, 0.25) is 0 Å². The first kappa shape index (κ1) is 10.5. The van der Waals surface area contributed by atoms with E-state index in [1.807, 2.05) is 11.8 Å². The highest BCUT2D eigenvalue weighted by Gasteiger charge is 2.38. The quantitative estimate of drug-likeness (QED) is 0.769. The molecule has 1 aromatic rings. The Balaban J connectivity index is 2.13. The van der Waals surface area contributed by atoms with Crippen LogP contribution in [0.4, 0.5) is 0 Å². The normalized spacial score (nSPS) is 28.6. The summed E-state index contributed by atoms with van der Waals surface area (Å²) in [5, 5.41) is 0.757. The molecule has 84 valence electrons. The third kappa shape index (κ3) is 1.64. The van der Waals surface area contributed by atoms with Crippen LogP contribution >= 0.6 is 23.5 Å². The van der Waals surface area contributed by atoms with E-state index < -0.39 is 0 Å². The molecule has 1 atom stereocenters. The molecule has 2 aliphatic heterocycles. The van der Waals surface area contributed by atoms with Gasteiger partial charge in [0.25, 0.3) is 0 Å². The minimum atomic E-state index is -0.0167. The Morgan fingerprint density at radius 3 is 2.69 bits per heavy atom. The summed E-state index contributed by atoms with van der Waals surface area (Å²) in [6, 6.07) is 8.64. The summed E-state index contributed by atoms with van der Waals surface area (Å²) in [6.45, 7) is 0. The maximum Gasteiger partial charge on any atom is 0.154 e. The lowest BCUT2D eigenvalue weighted by Crippen LogP contribution is -2.34. The van der Waals surface area contributed by atoms with Gasteiger partial charge in [-0.2, -0.15) is 0 Å². The molecule has 1 unspecified atom stereocenters. The molecular formula is C12H14N2S2. The Bertz CT molecular complexity index is 444. The fourth-order valence-electron chi connectivity index (χ4n) is 2.44. The van der Waals surface area contributed by atoms with Crippen LogP contribution in [0, 0.1) is 0 Å². The van der Waals surface area contributed by atoms with Crippen LogP contribution in [0.1, 0.15) is 18.4 Å². The van der Waals surface area contributed by atoms with Gasteiger partial charge in [0.05, 0.1) is 5.54 Å². The highest BCUT2D eigenvalue weighted by Crippen LogP contribution is 2.47. The van der Waals surface area contributed by atoms with Gasteiger partial charge < -0.3 is 5.73 Å². The average molecular weight is 250 g/mol. The lowest BCUT2D eigenvalue weighted by Gasteiger charge is -2.37. The van der Waals surface area contributed by atoms with Crippen molar-refractivity contribution >= 4 is 28.7 Å². The second kappa shape index (κ2) is 4.00. The summed E-state index contributed by atoms with van der Waals surface area (Å²) in [4.78, 5) is 6.14. The Kier molecular flexibility index (Phi) is 2.64. The first-order valence-electron chi connectivity index (χ1n) is 5.51. The SMILES string of the molecule is NC1=NC2(CCS1)CCSc1ccccc12. The lowest BCUT2D eigenvalue weighted by atomic mass is 9.85. The van der Waals surface area contributed by atoms with Gasteiger partial charge >= 0.3 is 0 Å². The Labute approximate surface area is 104 Å². The summed E-state index contributed by atoms with van der Waals surface area (Å²) in [5.74, 6) is 2.24. The number of thioether (sulfide) groups is 2. The number of rotatable bonds is 0. The van der Waals surface area contributed by atoms with Gasteiger partial charge in [-0.25, -0.2) is 0 Å². The van der Waals surface area contributed by atoms with Gasteiger partial charge in [-0.3, -0.25) is 4.99 Å². The molecule has 2 N–H and O–H groups in total. The highest BCUT2D eigenvalue weighted by molar-refractivity contribution is 8.13. The van der Waals surface area contributed by atoms with E-state index in [9.17, 15) is 0 Å². The average Bonchev–Trinajstić information content (AvgIpc) is 2.30. The van der Waals surface area contributed by atoms with Gasteiger partial charge in [0.15, 0.2) is 5.17 Å². The molecule has 1 spiro atoms. The first-order chi connectivity index (χ1) is 7.80. The van der Waals surface area contributed by atoms with Crippen molar-refractivity contribution in [3.63, 3.8) is 0 Å². The molecule has 3 rings (SSSR count). The monoisotopic (exact) mass is 250 g/mol. The molecule has 2 nitrogen and oxygen atoms in total. The molecule has 0 fully saturated rings. The van der Waals surface area contributed by atoms with Gasteiger partial charge in [-0.1, -0.05) is 30.0 Å². The van der Waals surface area contributed by atoms with Crippen molar-refractivity contribution in [1.82, 2.24) is 0 Å². The third-order valence-electron chi connectivity index (χ3n) is 3.25. The maximum atomic E-state index is 5.90. The molecule has 0 saturated heterocycles. The zero-order valence-corrected chi connectivity index (χ0v) is 10.6. The molecule has 0 amide bonds. The van der Waals surface area contributed by atoms with E-state index in [0.717, 1.165) is 29.5 Å². The van der Waals surface area contributed by atoms with E-state index >= 15 is 0 Å². The topological polar surface area (TPSA) is 38.4 Å². The zero-order valence-electron chi connectivity index (χ0n) is 8.98. The van der Waals surface area contributed by atoms with Crippen molar-refractivity contribution in [2.45, 2.75) is 23.3 Å². The van der Waals surface area contributed by atoms with Crippen LogP contribution in [0.5, 0.6) is 0 Å². The molecule has 0 aromatic heterocycles. The first-order valence-corrected chi connectivity index (χ1v) is 7.48. The highest BCUT2D eigenvalue weighted by atomic mass is 32.2. The van der Waals surface area contributed by atoms with Crippen LogP contribution in [0.15, 0.2) is 34.2 Å². The minimum absolute atomic E-state index is 0.0167. The number of hydrogen-bond donors (Lipinski definition) is 1. The second-order valence-corrected chi connectivity index (χ2v) is 6.43. The minimum Gasteiger partial charge on any atom is -0.379 e. The van der Waals surface area contributed by atoms with Crippen molar-refractivity contribution in [2.75, 3.05) is 11.5 Å². The molecule has 2 aliphatic rings. The molecule has 2 heterocycles. The standard InChI is InChI=1S/C12H14N2S2/c13-11-14-12(6-8-16-11)5-7-15-10-4-2-1-3-9(10)12/h1-4H,5-8H2,(H2,13,14). The summed E-state index contributed by atoms with van der Waals surface area (Å²) in [5.41, 5.74) is 7.27. The Morgan fingerprint density at radius 1 is 1.12 bits per heavy atom. The van der Waals surface area contributed by atoms with Gasteiger partial charge in [-0.05, 0) is 24.5 Å². The van der Waals surface area contributed by atoms with E-state index in [1.54, 1.807) is 11.8 Å². The number of hydrogen-bond acceptors (Lipinski definition) is 4. The number of nitrogens with zero attached hydrogens (tertiary/aromatic N) is 1. The predicted octanol–water partition coefficient (Wildman–Crippen LogP) is 2.83. The number of aliphatic imine (C=N–C) groups is 1. The zero-order chi connectivity index (χ0) is 11.0. The van der Waals surface area contributed by atoms with Gasteiger partial charge in [0, 0.05) is 16.4 Å². The molecule has 1 aromatic carbocycles. The smallest absolute Gasteiger partial charge is 0.154 e. The van der Waals surface area contributed by atoms with Crippen molar-refractivity contribution in [2.24, 2.45) is 10.7 Å². The summed E-state index contributed by atoms with van der Waals surface area (Å²) in [6.07, 6.45) is 2.24. The maximum absolute atomic E-state index is 5.90. The summed E-state index contributed by atoms with van der Waals surface area (Å²) < 4.78 is 0. The van der Waals surface area contributed by atoms with E-state index in [2.05, 4.69) is 24.3 Å². The molecular weight excluding hydrogens is 236 g/mol. The molecule has 0 saturated carbocycles. The van der Waals surface area contributed by atoms with Crippen LogP contribution in [-0.2, 0) is 5.54 Å². The predicted molar refractivity (Wildman–Crippen MR) is 72.2 cm³/mol. The van der Waals surface area contributed by atoms with Gasteiger partial charge in [-0.15, -0.1) is 11.8 Å². The van der Waals surface area contributed by atoms with Crippen LogP contribution in [0.25, 0.3) is 0 Å². The molecule has 0 aliphatic carbocycles. The van der Waals surface area contributed by atoms with Crippen molar-refractivity contribution in [1.29, 1.82) is 0 Å². The number of nitrogens with two attached hydrogens (primary N) is 1. The van der Waals surface area contributed by atoms with Crippen LogP contribution in [0.3, 0.4) is 0 Å². The molecule has 4 heteroatoms. The number of benzene rings is 1. The van der Waals surface area contributed by atoms with Crippen molar-refractivity contribution < 1.29 is 0 Å². The van der Waals surface area contributed by atoms with Gasteiger partial charge in [0.2, 0.25) is 0 Å². The van der Waals surface area contributed by atoms with Crippen LogP contribution < -0.4 is 5.73 Å². The van der Waals surface area contributed by atoms with E-state index in [4.69, 9.17) is 10.7 Å². The van der Waals surface area contributed by atoms with E-state index in [-0.39, 0.29) is 5.54 Å². The fourth-order valence-corrected chi connectivity index (χ4v) is 4.58. The van der Waals surface area contributed by atoms with Crippen molar-refractivity contribution in [3.8, 4) is 0 Å². The second-order valence-electron chi connectivity index (χ2n) is 4.17. The fraction of sp³-hybridized carbons (Fsp3) is 0.417. The lowest BCUT2D eigenvalue weighted by molar-refractivity contribution is 0.408. The molecule has 0 radical (unpaired) electrons. The largest absolute Gasteiger partial charge is 0.379 e. The Morgan fingerprint density at radius 2 is 1.88 bits per heavy atom. The van der Waals surface area contributed by atoms with E-state index in [1.165, 1.54) is 10.5 Å².